The summed E-state index contributed by atoms with van der Waals surface area (Å²) in [4.78, 5) is 16.1. The molecular weight excluding hydrogens is 428 g/mol. The number of benzene rings is 2. The molecule has 0 bridgehead atoms. The second kappa shape index (κ2) is 8.58. The third-order valence-corrected chi connectivity index (χ3v) is 6.80. The summed E-state index contributed by atoms with van der Waals surface area (Å²) < 4.78 is 11.1. The zero-order chi connectivity index (χ0) is 23.3. The smallest absolute Gasteiger partial charge is 0.335 e. The second-order valence-electron chi connectivity index (χ2n) is 8.99. The predicted octanol–water partition coefficient (Wildman–Crippen LogP) is 0.355. The van der Waals surface area contributed by atoms with Gasteiger partial charge in [-0.05, 0) is 48.4 Å². The standard InChI is InChI=1S/C24H28N2O7/c1-25-8-9-26-17-7-6-15(32-24-21(29)19(27)20(28)22(33-24)23(30)31)11-14(17)10-13-4-2-3-5-16(13)18(26)12-25/h2-7,11,18-22,24,27-29H,8-10,12H2,1H3,(H,30,31)/t18?,19-,20-,21+,22-,24+/m0/s1. The number of nitrogens with zero attached hydrogens (tertiary/aromatic N) is 2. The van der Waals surface area contributed by atoms with Crippen LogP contribution in [0.5, 0.6) is 5.75 Å². The Morgan fingerprint density at radius 1 is 1.03 bits per heavy atom. The molecule has 2 saturated heterocycles. The fourth-order valence-electron chi connectivity index (χ4n) is 5.04. The lowest BCUT2D eigenvalue weighted by Gasteiger charge is -2.42. The van der Waals surface area contributed by atoms with Gasteiger partial charge < -0.3 is 39.7 Å². The van der Waals surface area contributed by atoms with Crippen molar-refractivity contribution >= 4 is 11.7 Å². The molecule has 9 nitrogen and oxygen atoms in total. The van der Waals surface area contributed by atoms with E-state index in [1.165, 1.54) is 11.1 Å². The second-order valence-corrected chi connectivity index (χ2v) is 8.99. The van der Waals surface area contributed by atoms with Crippen LogP contribution in [0.3, 0.4) is 0 Å². The molecule has 176 valence electrons. The summed E-state index contributed by atoms with van der Waals surface area (Å²) in [6.07, 6.45) is -7.49. The average Bonchev–Trinajstić information content (AvgIpc) is 2.93. The largest absolute Gasteiger partial charge is 0.479 e. The van der Waals surface area contributed by atoms with Crippen molar-refractivity contribution in [3.8, 4) is 5.75 Å². The molecule has 33 heavy (non-hydrogen) atoms. The summed E-state index contributed by atoms with van der Waals surface area (Å²) >= 11 is 0. The average molecular weight is 456 g/mol. The quantitative estimate of drug-likeness (QED) is 0.518. The van der Waals surface area contributed by atoms with Crippen molar-refractivity contribution in [1.29, 1.82) is 0 Å². The van der Waals surface area contributed by atoms with Crippen LogP contribution in [0.15, 0.2) is 42.5 Å². The normalized spacial score (nSPS) is 31.7. The SMILES string of the molecule is CN1CCN2c3ccc(O[C@@H]4O[C@H](C(=O)O)[C@@H](O)[C@H](O)[C@H]4O)cc3Cc3ccccc3C2C1. The summed E-state index contributed by atoms with van der Waals surface area (Å²) in [5.41, 5.74) is 4.70. The monoisotopic (exact) mass is 456 g/mol. The van der Waals surface area contributed by atoms with Crippen LogP contribution < -0.4 is 9.64 Å². The van der Waals surface area contributed by atoms with Gasteiger partial charge in [-0.1, -0.05) is 24.3 Å². The van der Waals surface area contributed by atoms with Gasteiger partial charge in [-0.15, -0.1) is 0 Å². The van der Waals surface area contributed by atoms with Gasteiger partial charge in [0.25, 0.3) is 0 Å². The molecule has 0 saturated carbocycles. The van der Waals surface area contributed by atoms with Crippen molar-refractivity contribution in [2.45, 2.75) is 43.2 Å². The van der Waals surface area contributed by atoms with Crippen LogP contribution in [0, 0.1) is 0 Å². The number of carboxylic acid groups (broad SMARTS) is 1. The molecule has 3 aliphatic heterocycles. The van der Waals surface area contributed by atoms with Gasteiger partial charge in [0.1, 0.15) is 24.1 Å². The lowest BCUT2D eigenvalue weighted by molar-refractivity contribution is -0.271. The Morgan fingerprint density at radius 3 is 2.61 bits per heavy atom. The number of aliphatic hydroxyl groups excluding tert-OH is 3. The first-order chi connectivity index (χ1) is 15.8. The van der Waals surface area contributed by atoms with Crippen molar-refractivity contribution in [3.05, 3.63) is 59.2 Å². The minimum Gasteiger partial charge on any atom is -0.479 e. The van der Waals surface area contributed by atoms with Crippen LogP contribution in [-0.2, 0) is 16.0 Å². The van der Waals surface area contributed by atoms with Crippen molar-refractivity contribution in [2.75, 3.05) is 31.6 Å². The Balaban J connectivity index is 1.46. The lowest BCUT2D eigenvalue weighted by atomic mass is 9.96. The van der Waals surface area contributed by atoms with Crippen LogP contribution in [0.25, 0.3) is 0 Å². The van der Waals surface area contributed by atoms with Gasteiger partial charge in [-0.3, -0.25) is 0 Å². The highest BCUT2D eigenvalue weighted by atomic mass is 16.7. The van der Waals surface area contributed by atoms with Crippen LogP contribution >= 0.6 is 0 Å². The first kappa shape index (κ1) is 22.1. The molecule has 6 atom stereocenters. The van der Waals surface area contributed by atoms with E-state index in [0.717, 1.165) is 30.9 Å². The number of hydrogen-bond donors (Lipinski definition) is 4. The lowest BCUT2D eigenvalue weighted by Crippen LogP contribution is -2.61. The zero-order valence-corrected chi connectivity index (χ0v) is 18.2. The Hall–Kier alpha value is -2.69. The van der Waals surface area contributed by atoms with E-state index in [0.29, 0.717) is 12.2 Å². The van der Waals surface area contributed by atoms with E-state index in [1.807, 2.05) is 18.2 Å². The molecule has 0 spiro atoms. The third kappa shape index (κ3) is 3.96. The molecule has 4 N–H and O–H groups in total. The number of carboxylic acids is 1. The van der Waals surface area contributed by atoms with E-state index in [1.54, 1.807) is 6.07 Å². The van der Waals surface area contributed by atoms with Gasteiger partial charge in [0.05, 0.1) is 6.04 Å². The molecular formula is C24H28N2O7. The maximum atomic E-state index is 11.4. The Bertz CT molecular complexity index is 1050. The van der Waals surface area contributed by atoms with Gasteiger partial charge in [0.15, 0.2) is 6.10 Å². The topological polar surface area (TPSA) is 123 Å². The summed E-state index contributed by atoms with van der Waals surface area (Å²) in [6.45, 7) is 2.76. The maximum Gasteiger partial charge on any atom is 0.335 e. The number of hydrogen-bond acceptors (Lipinski definition) is 8. The van der Waals surface area contributed by atoms with Crippen molar-refractivity contribution in [3.63, 3.8) is 0 Å². The Morgan fingerprint density at radius 2 is 1.82 bits per heavy atom. The third-order valence-electron chi connectivity index (χ3n) is 6.80. The van der Waals surface area contributed by atoms with E-state index in [2.05, 4.69) is 35.0 Å². The van der Waals surface area contributed by atoms with Gasteiger partial charge >= 0.3 is 5.97 Å². The fraction of sp³-hybridized carbons (Fsp3) is 0.458. The van der Waals surface area contributed by atoms with E-state index in [4.69, 9.17) is 9.47 Å². The number of carbonyl (C=O) groups is 1. The van der Waals surface area contributed by atoms with Crippen molar-refractivity contribution in [2.24, 2.45) is 0 Å². The molecule has 2 fully saturated rings. The van der Waals surface area contributed by atoms with Gasteiger partial charge in [0.2, 0.25) is 6.29 Å². The minimum absolute atomic E-state index is 0.240. The predicted molar refractivity (Wildman–Crippen MR) is 118 cm³/mol. The number of anilines is 1. The Kier molecular flexibility index (Phi) is 5.75. The van der Waals surface area contributed by atoms with E-state index in [9.17, 15) is 25.2 Å². The first-order valence-electron chi connectivity index (χ1n) is 11.1. The molecule has 3 heterocycles. The molecule has 9 heteroatoms. The highest BCUT2D eigenvalue weighted by Gasteiger charge is 2.48. The first-order valence-corrected chi connectivity index (χ1v) is 11.1. The molecule has 3 aliphatic rings. The fourth-order valence-corrected chi connectivity index (χ4v) is 5.04. The molecule has 0 aliphatic carbocycles. The highest BCUT2D eigenvalue weighted by Crippen LogP contribution is 2.40. The molecule has 2 aromatic rings. The Labute approximate surface area is 191 Å². The van der Waals surface area contributed by atoms with E-state index < -0.39 is 36.7 Å². The number of aliphatic carboxylic acids is 1. The van der Waals surface area contributed by atoms with Crippen LogP contribution in [0.2, 0.25) is 0 Å². The van der Waals surface area contributed by atoms with E-state index >= 15 is 0 Å². The number of ether oxygens (including phenoxy) is 2. The highest BCUT2D eigenvalue weighted by molar-refractivity contribution is 5.73. The molecule has 0 aromatic heterocycles. The molecule has 5 rings (SSSR count). The minimum atomic E-state index is -1.75. The number of aliphatic hydroxyl groups is 3. The molecule has 2 aromatic carbocycles. The maximum absolute atomic E-state index is 11.4. The summed E-state index contributed by atoms with van der Waals surface area (Å²) in [6, 6.07) is 14.3. The molecule has 0 amide bonds. The summed E-state index contributed by atoms with van der Waals surface area (Å²) in [5.74, 6) is -1.06. The molecule has 1 unspecified atom stereocenters. The summed E-state index contributed by atoms with van der Waals surface area (Å²) in [7, 11) is 2.13. The van der Waals surface area contributed by atoms with Gasteiger partial charge in [-0.25, -0.2) is 4.79 Å². The van der Waals surface area contributed by atoms with Crippen molar-refractivity contribution < 1.29 is 34.7 Å². The summed E-state index contributed by atoms with van der Waals surface area (Å²) in [5, 5.41) is 39.5. The van der Waals surface area contributed by atoms with Crippen LogP contribution in [0.1, 0.15) is 22.7 Å². The van der Waals surface area contributed by atoms with Gasteiger partial charge in [-0.2, -0.15) is 0 Å². The number of fused-ring (bicyclic) bond motifs is 5. The van der Waals surface area contributed by atoms with Crippen LogP contribution in [-0.4, -0.2) is 88.7 Å². The van der Waals surface area contributed by atoms with E-state index in [-0.39, 0.29) is 6.04 Å². The zero-order valence-electron chi connectivity index (χ0n) is 18.2. The number of rotatable bonds is 3. The van der Waals surface area contributed by atoms with Crippen LogP contribution in [0.4, 0.5) is 5.69 Å². The van der Waals surface area contributed by atoms with Crippen molar-refractivity contribution in [1.82, 2.24) is 4.90 Å². The number of likely N-dealkylation sites (N-methyl/N-ethyl adjacent to an activating group) is 1. The molecule has 0 radical (unpaired) electrons. The van der Waals surface area contributed by atoms with Gasteiger partial charge in [0, 0.05) is 25.3 Å². The number of piperazine rings is 1.